The Bertz CT molecular complexity index is 902. The van der Waals surface area contributed by atoms with Crippen LogP contribution in [0.25, 0.3) is 0 Å². The van der Waals surface area contributed by atoms with Crippen molar-refractivity contribution in [2.24, 2.45) is 0 Å². The number of amides is 2. The number of allylic oxidation sites excluding steroid dienone is 1. The lowest BCUT2D eigenvalue weighted by molar-refractivity contribution is 0.0949. The highest BCUT2D eigenvalue weighted by molar-refractivity contribution is 6.03. The van der Waals surface area contributed by atoms with Crippen molar-refractivity contribution >= 4 is 17.5 Å². The number of pyridine rings is 1. The van der Waals surface area contributed by atoms with Crippen LogP contribution < -0.4 is 10.6 Å². The van der Waals surface area contributed by atoms with Gasteiger partial charge in [0.25, 0.3) is 11.8 Å². The molecule has 0 bridgehead atoms. The van der Waals surface area contributed by atoms with Gasteiger partial charge in [0.1, 0.15) is 11.4 Å². The second-order valence-corrected chi connectivity index (χ2v) is 7.28. The third-order valence-corrected chi connectivity index (χ3v) is 5.10. The average Bonchev–Trinajstić information content (AvgIpc) is 2.71. The van der Waals surface area contributed by atoms with Gasteiger partial charge in [-0.15, -0.1) is 0 Å². The zero-order chi connectivity index (χ0) is 19.9. The number of hydrogen-bond acceptors (Lipinski definition) is 3. The summed E-state index contributed by atoms with van der Waals surface area (Å²) >= 11 is 0. The van der Waals surface area contributed by atoms with Gasteiger partial charge in [0.15, 0.2) is 0 Å². The number of nitrogens with one attached hydrogen (secondary N) is 2. The fourth-order valence-electron chi connectivity index (χ4n) is 3.26. The van der Waals surface area contributed by atoms with Gasteiger partial charge in [0.2, 0.25) is 0 Å². The van der Waals surface area contributed by atoms with Crippen LogP contribution >= 0.6 is 0 Å². The lowest BCUT2D eigenvalue weighted by atomic mass is 9.97. The van der Waals surface area contributed by atoms with Gasteiger partial charge in [-0.1, -0.05) is 23.8 Å². The molecule has 0 spiro atoms. The largest absolute Gasteiger partial charge is 0.350 e. The molecule has 0 atom stereocenters. The Labute approximate surface area is 166 Å². The molecule has 2 aromatic rings. The van der Waals surface area contributed by atoms with Gasteiger partial charge in [-0.25, -0.2) is 4.98 Å². The summed E-state index contributed by atoms with van der Waals surface area (Å²) in [5.74, 6) is -0.581. The highest BCUT2D eigenvalue weighted by Gasteiger charge is 2.13. The number of benzene rings is 1. The summed E-state index contributed by atoms with van der Waals surface area (Å²) in [5, 5.41) is 5.74. The highest BCUT2D eigenvalue weighted by atomic mass is 16.2. The summed E-state index contributed by atoms with van der Waals surface area (Å²) in [6, 6.07) is 10.7. The van der Waals surface area contributed by atoms with Crippen LogP contribution in [0.1, 0.15) is 64.2 Å². The van der Waals surface area contributed by atoms with Gasteiger partial charge in [-0.2, -0.15) is 0 Å². The minimum atomic E-state index is -0.328. The molecule has 28 heavy (non-hydrogen) atoms. The van der Waals surface area contributed by atoms with E-state index in [1.807, 2.05) is 32.0 Å². The van der Waals surface area contributed by atoms with Crippen molar-refractivity contribution in [3.8, 4) is 0 Å². The average molecular weight is 377 g/mol. The first-order valence-electron chi connectivity index (χ1n) is 9.85. The molecule has 1 aromatic heterocycles. The molecule has 0 saturated heterocycles. The fourth-order valence-corrected chi connectivity index (χ4v) is 3.26. The van der Waals surface area contributed by atoms with Crippen LogP contribution in [0.5, 0.6) is 0 Å². The van der Waals surface area contributed by atoms with Crippen LogP contribution in [0.4, 0.5) is 5.69 Å². The van der Waals surface area contributed by atoms with Gasteiger partial charge in [-0.05, 0) is 81.3 Å². The van der Waals surface area contributed by atoms with Gasteiger partial charge in [0.05, 0.1) is 0 Å². The summed E-state index contributed by atoms with van der Waals surface area (Å²) in [7, 11) is 0. The molecular weight excluding hydrogens is 350 g/mol. The number of carbonyl (C=O) groups is 2. The number of rotatable bonds is 6. The van der Waals surface area contributed by atoms with E-state index in [-0.39, 0.29) is 23.2 Å². The first-order chi connectivity index (χ1) is 13.5. The predicted molar refractivity (Wildman–Crippen MR) is 112 cm³/mol. The van der Waals surface area contributed by atoms with E-state index in [4.69, 9.17) is 0 Å². The molecule has 0 aliphatic heterocycles. The molecule has 1 aromatic carbocycles. The standard InChI is InChI=1S/C23H27N3O2/c1-16-11-12-19(15-17(16)2)25-23(28)21-10-6-9-20(26-21)22(27)24-14-13-18-7-4-3-5-8-18/h6-7,9-12,15H,3-5,8,13-14H2,1-2H3,(H,24,27)(H,25,28). The maximum atomic E-state index is 12.5. The minimum Gasteiger partial charge on any atom is -0.350 e. The second kappa shape index (κ2) is 9.31. The molecule has 1 aliphatic carbocycles. The van der Waals surface area contributed by atoms with Gasteiger partial charge >= 0.3 is 0 Å². The van der Waals surface area contributed by atoms with Crippen molar-refractivity contribution < 1.29 is 9.59 Å². The van der Waals surface area contributed by atoms with Crippen molar-refractivity contribution in [2.45, 2.75) is 46.0 Å². The van der Waals surface area contributed by atoms with Crippen molar-refractivity contribution in [1.82, 2.24) is 10.3 Å². The zero-order valence-corrected chi connectivity index (χ0v) is 16.5. The van der Waals surface area contributed by atoms with Crippen LogP contribution in [-0.4, -0.2) is 23.3 Å². The molecule has 0 unspecified atom stereocenters. The Morgan fingerprint density at radius 2 is 1.79 bits per heavy atom. The SMILES string of the molecule is Cc1ccc(NC(=O)c2cccc(C(=O)NCCC3=CCCCC3)n2)cc1C. The fraction of sp³-hybridized carbons (Fsp3) is 0.348. The monoisotopic (exact) mass is 377 g/mol. The molecule has 0 saturated carbocycles. The number of carbonyl (C=O) groups excluding carboxylic acids is 2. The molecular formula is C23H27N3O2. The molecule has 0 radical (unpaired) electrons. The van der Waals surface area contributed by atoms with Crippen molar-refractivity contribution in [3.05, 3.63) is 70.6 Å². The summed E-state index contributed by atoms with van der Waals surface area (Å²) in [6.07, 6.45) is 7.92. The molecule has 0 fully saturated rings. The van der Waals surface area contributed by atoms with E-state index in [1.165, 1.54) is 24.0 Å². The van der Waals surface area contributed by atoms with E-state index >= 15 is 0 Å². The van der Waals surface area contributed by atoms with Crippen molar-refractivity contribution in [1.29, 1.82) is 0 Å². The summed E-state index contributed by atoms with van der Waals surface area (Å²) < 4.78 is 0. The van der Waals surface area contributed by atoms with Crippen LogP contribution in [0.3, 0.4) is 0 Å². The third kappa shape index (κ3) is 5.28. The lowest BCUT2D eigenvalue weighted by Crippen LogP contribution is -2.26. The molecule has 5 heteroatoms. The Kier molecular flexibility index (Phi) is 6.58. The number of aryl methyl sites for hydroxylation is 2. The molecule has 5 nitrogen and oxygen atoms in total. The van der Waals surface area contributed by atoms with Crippen molar-refractivity contribution in [2.75, 3.05) is 11.9 Å². The lowest BCUT2D eigenvalue weighted by Gasteiger charge is -2.13. The van der Waals surface area contributed by atoms with Crippen LogP contribution in [0, 0.1) is 13.8 Å². The first kappa shape index (κ1) is 19.8. The molecule has 1 aliphatic rings. The Morgan fingerprint density at radius 3 is 2.50 bits per heavy atom. The van der Waals surface area contributed by atoms with E-state index in [0.717, 1.165) is 24.8 Å². The van der Waals surface area contributed by atoms with Gasteiger partial charge in [-0.3, -0.25) is 9.59 Å². The minimum absolute atomic E-state index is 0.223. The van der Waals surface area contributed by atoms with Gasteiger partial charge in [0, 0.05) is 12.2 Å². The summed E-state index contributed by atoms with van der Waals surface area (Å²) in [5.41, 5.74) is 4.88. The normalized spacial score (nSPS) is 13.6. The quantitative estimate of drug-likeness (QED) is 0.724. The highest BCUT2D eigenvalue weighted by Crippen LogP contribution is 2.19. The molecule has 2 amide bonds. The number of aromatic nitrogens is 1. The van der Waals surface area contributed by atoms with Crippen LogP contribution in [0.2, 0.25) is 0 Å². The maximum Gasteiger partial charge on any atom is 0.274 e. The summed E-state index contributed by atoms with van der Waals surface area (Å²) in [4.78, 5) is 29.1. The van der Waals surface area contributed by atoms with E-state index < -0.39 is 0 Å². The number of hydrogen-bond donors (Lipinski definition) is 2. The second-order valence-electron chi connectivity index (χ2n) is 7.28. The Morgan fingerprint density at radius 1 is 1.00 bits per heavy atom. The third-order valence-electron chi connectivity index (χ3n) is 5.10. The number of anilines is 1. The number of nitrogens with zero attached hydrogens (tertiary/aromatic N) is 1. The first-order valence-corrected chi connectivity index (χ1v) is 9.85. The van der Waals surface area contributed by atoms with E-state index in [2.05, 4.69) is 21.7 Å². The molecule has 3 rings (SSSR count). The Hall–Kier alpha value is -2.95. The zero-order valence-electron chi connectivity index (χ0n) is 16.5. The van der Waals surface area contributed by atoms with E-state index in [0.29, 0.717) is 12.2 Å². The Balaban J connectivity index is 1.59. The predicted octanol–water partition coefficient (Wildman–Crippen LogP) is 4.57. The molecule has 1 heterocycles. The summed E-state index contributed by atoms with van der Waals surface area (Å²) in [6.45, 7) is 4.61. The maximum absolute atomic E-state index is 12.5. The van der Waals surface area contributed by atoms with Crippen LogP contribution in [0.15, 0.2) is 48.0 Å². The molecule has 2 N–H and O–H groups in total. The topological polar surface area (TPSA) is 71.1 Å². The van der Waals surface area contributed by atoms with E-state index in [9.17, 15) is 9.59 Å². The smallest absolute Gasteiger partial charge is 0.274 e. The van der Waals surface area contributed by atoms with Gasteiger partial charge < -0.3 is 10.6 Å². The van der Waals surface area contributed by atoms with Crippen LogP contribution in [-0.2, 0) is 0 Å². The van der Waals surface area contributed by atoms with E-state index in [1.54, 1.807) is 18.2 Å². The molecule has 146 valence electrons. The van der Waals surface area contributed by atoms with Crippen molar-refractivity contribution in [3.63, 3.8) is 0 Å².